The zero-order valence-corrected chi connectivity index (χ0v) is 20.2. The van der Waals surface area contributed by atoms with Crippen LogP contribution in [-0.4, -0.2) is 67.4 Å². The molecule has 0 saturated heterocycles. The number of phenols is 2. The minimum Gasteiger partial charge on any atom is -0.504 e. The number of benzene rings is 2. The number of carboxylic acid groups (broad SMARTS) is 1. The number of hydrogen-bond acceptors (Lipinski definition) is 9. The number of aromatic hydroxyl groups is 2. The first kappa shape index (κ1) is 27.4. The molecule has 0 heterocycles. The van der Waals surface area contributed by atoms with E-state index in [4.69, 9.17) is 9.47 Å². The molecule has 196 valence electrons. The molecule has 10 heteroatoms. The standard InChI is InChI=1S/C27H28O10/c1-15-3-4-17(11-16(15)2)6-9-23(30)36-21-13-27(35,26(33)34)14-22(25(21)32)37-24(31)10-7-18-5-8-19(28)20(29)12-18/h3-12,21-22,25,28-29,32,35H,13-14H2,1-2H3,(H,33,34)/t21-,22-,25-,27+/m1/s1. The van der Waals surface area contributed by atoms with Gasteiger partial charge in [0.15, 0.2) is 17.1 Å². The second kappa shape index (κ2) is 11.3. The number of ether oxygens (including phenoxy) is 2. The number of aliphatic hydroxyl groups excluding tert-OH is 1. The smallest absolute Gasteiger partial charge is 0.335 e. The Morgan fingerprint density at radius 2 is 1.35 bits per heavy atom. The molecule has 0 bridgehead atoms. The Morgan fingerprint density at radius 1 is 0.838 bits per heavy atom. The maximum Gasteiger partial charge on any atom is 0.335 e. The lowest BCUT2D eigenvalue weighted by Crippen LogP contribution is -2.58. The highest BCUT2D eigenvalue weighted by atomic mass is 16.6. The van der Waals surface area contributed by atoms with Gasteiger partial charge in [-0.2, -0.15) is 0 Å². The topological polar surface area (TPSA) is 171 Å². The molecular formula is C27H28O10. The lowest BCUT2D eigenvalue weighted by atomic mass is 9.79. The zero-order valence-electron chi connectivity index (χ0n) is 20.2. The molecule has 0 aromatic heterocycles. The summed E-state index contributed by atoms with van der Waals surface area (Å²) in [6.45, 7) is 3.86. The number of phenolic OH excluding ortho intramolecular Hbond substituents is 2. The average Bonchev–Trinajstić information content (AvgIpc) is 2.83. The van der Waals surface area contributed by atoms with Gasteiger partial charge in [0, 0.05) is 25.0 Å². The van der Waals surface area contributed by atoms with E-state index in [2.05, 4.69) is 0 Å². The zero-order chi connectivity index (χ0) is 27.3. The van der Waals surface area contributed by atoms with Crippen LogP contribution in [0.2, 0.25) is 0 Å². The minimum absolute atomic E-state index is 0.345. The predicted octanol–water partition coefficient (Wildman–Crippen LogP) is 2.24. The van der Waals surface area contributed by atoms with Crippen molar-refractivity contribution in [2.75, 3.05) is 0 Å². The first-order valence-corrected chi connectivity index (χ1v) is 11.4. The summed E-state index contributed by atoms with van der Waals surface area (Å²) >= 11 is 0. The summed E-state index contributed by atoms with van der Waals surface area (Å²) in [7, 11) is 0. The van der Waals surface area contributed by atoms with Crippen molar-refractivity contribution in [3.63, 3.8) is 0 Å². The molecule has 4 atom stereocenters. The molecule has 1 saturated carbocycles. The normalized spacial score (nSPS) is 23.7. The first-order chi connectivity index (χ1) is 17.4. The maximum absolute atomic E-state index is 12.4. The van der Waals surface area contributed by atoms with Gasteiger partial charge >= 0.3 is 17.9 Å². The molecule has 3 rings (SSSR count). The minimum atomic E-state index is -2.42. The van der Waals surface area contributed by atoms with Crippen LogP contribution in [0, 0.1) is 13.8 Å². The number of rotatable bonds is 7. The Hall–Kier alpha value is -4.15. The number of carbonyl (C=O) groups excluding carboxylic acids is 2. The SMILES string of the molecule is Cc1ccc(C=CC(=O)O[C@@H]2C[C@@](O)(C(=O)O)C[C@@H](OC(=O)C=Cc3ccc(O)c(O)c3)[C@@H]2O)cc1C. The van der Waals surface area contributed by atoms with E-state index in [-0.39, 0.29) is 5.75 Å². The van der Waals surface area contributed by atoms with Crippen LogP contribution in [0.1, 0.15) is 35.1 Å². The van der Waals surface area contributed by atoms with Gasteiger partial charge in [-0.3, -0.25) is 0 Å². The summed E-state index contributed by atoms with van der Waals surface area (Å²) in [5.74, 6) is -4.23. The van der Waals surface area contributed by atoms with E-state index in [1.54, 1.807) is 6.07 Å². The highest BCUT2D eigenvalue weighted by Gasteiger charge is 2.52. The summed E-state index contributed by atoms with van der Waals surface area (Å²) in [6.07, 6.45) is -0.981. The third kappa shape index (κ3) is 6.96. The number of aliphatic hydroxyl groups is 2. The fourth-order valence-electron chi connectivity index (χ4n) is 3.85. The van der Waals surface area contributed by atoms with Gasteiger partial charge in [0.1, 0.15) is 18.3 Å². The largest absolute Gasteiger partial charge is 0.504 e. The van der Waals surface area contributed by atoms with E-state index >= 15 is 0 Å². The molecule has 0 amide bonds. The first-order valence-electron chi connectivity index (χ1n) is 11.4. The average molecular weight is 513 g/mol. The molecule has 10 nitrogen and oxygen atoms in total. The summed E-state index contributed by atoms with van der Waals surface area (Å²) in [6, 6.07) is 9.37. The van der Waals surface area contributed by atoms with E-state index in [0.29, 0.717) is 5.56 Å². The van der Waals surface area contributed by atoms with E-state index in [0.717, 1.165) is 28.8 Å². The van der Waals surface area contributed by atoms with Gasteiger partial charge in [0.2, 0.25) is 0 Å². The molecule has 1 aliphatic rings. The van der Waals surface area contributed by atoms with Crippen LogP contribution in [0.25, 0.3) is 12.2 Å². The molecule has 5 N–H and O–H groups in total. The number of aliphatic carboxylic acids is 1. The molecule has 2 aromatic carbocycles. The van der Waals surface area contributed by atoms with Crippen LogP contribution in [-0.2, 0) is 23.9 Å². The molecule has 0 spiro atoms. The molecule has 0 aliphatic heterocycles. The third-order valence-electron chi connectivity index (χ3n) is 6.13. The van der Waals surface area contributed by atoms with Crippen LogP contribution < -0.4 is 0 Å². The fourth-order valence-corrected chi connectivity index (χ4v) is 3.85. The highest BCUT2D eigenvalue weighted by Crippen LogP contribution is 2.33. The Kier molecular flexibility index (Phi) is 8.36. The number of carbonyl (C=O) groups is 3. The van der Waals surface area contributed by atoms with Gasteiger partial charge in [0.05, 0.1) is 0 Å². The van der Waals surface area contributed by atoms with Crippen molar-refractivity contribution < 1.29 is 49.4 Å². The van der Waals surface area contributed by atoms with E-state index in [9.17, 15) is 39.9 Å². The summed E-state index contributed by atoms with van der Waals surface area (Å²) < 4.78 is 10.4. The van der Waals surface area contributed by atoms with Gasteiger partial charge in [-0.1, -0.05) is 24.3 Å². The second-order valence-corrected chi connectivity index (χ2v) is 8.94. The van der Waals surface area contributed by atoms with Crippen molar-refractivity contribution in [1.82, 2.24) is 0 Å². The Labute approximate surface area is 212 Å². The monoisotopic (exact) mass is 512 g/mol. The maximum atomic E-state index is 12.4. The van der Waals surface area contributed by atoms with Gasteiger partial charge in [0.25, 0.3) is 0 Å². The number of aryl methyl sites for hydroxylation is 2. The molecule has 1 fully saturated rings. The molecule has 37 heavy (non-hydrogen) atoms. The highest BCUT2D eigenvalue weighted by molar-refractivity contribution is 5.88. The van der Waals surface area contributed by atoms with Gasteiger partial charge < -0.3 is 35.0 Å². The molecule has 0 unspecified atom stereocenters. The lowest BCUT2D eigenvalue weighted by Gasteiger charge is -2.40. The van der Waals surface area contributed by atoms with Crippen molar-refractivity contribution in [2.24, 2.45) is 0 Å². The fraction of sp³-hybridized carbons (Fsp3) is 0.296. The summed E-state index contributed by atoms with van der Waals surface area (Å²) in [4.78, 5) is 36.4. The molecule has 0 radical (unpaired) electrons. The van der Waals surface area contributed by atoms with Crippen molar-refractivity contribution in [3.8, 4) is 11.5 Å². The Morgan fingerprint density at radius 3 is 1.84 bits per heavy atom. The van der Waals surface area contributed by atoms with Crippen LogP contribution in [0.5, 0.6) is 11.5 Å². The predicted molar refractivity (Wildman–Crippen MR) is 131 cm³/mol. The van der Waals surface area contributed by atoms with Crippen molar-refractivity contribution >= 4 is 30.1 Å². The van der Waals surface area contributed by atoms with Crippen molar-refractivity contribution in [3.05, 3.63) is 70.8 Å². The molecule has 1 aliphatic carbocycles. The van der Waals surface area contributed by atoms with Gasteiger partial charge in [-0.05, 0) is 60.4 Å². The van der Waals surface area contributed by atoms with E-state index in [1.807, 2.05) is 26.0 Å². The van der Waals surface area contributed by atoms with Crippen molar-refractivity contribution in [2.45, 2.75) is 50.6 Å². The number of carboxylic acids is 1. The van der Waals surface area contributed by atoms with Crippen LogP contribution in [0.3, 0.4) is 0 Å². The van der Waals surface area contributed by atoms with Crippen LogP contribution in [0.15, 0.2) is 48.6 Å². The van der Waals surface area contributed by atoms with Crippen molar-refractivity contribution in [1.29, 1.82) is 0 Å². The van der Waals surface area contributed by atoms with E-state index in [1.165, 1.54) is 30.4 Å². The van der Waals surface area contributed by atoms with Gasteiger partial charge in [-0.25, -0.2) is 14.4 Å². The number of esters is 2. The van der Waals surface area contributed by atoms with Crippen LogP contribution >= 0.6 is 0 Å². The van der Waals surface area contributed by atoms with Crippen LogP contribution in [0.4, 0.5) is 0 Å². The van der Waals surface area contributed by atoms with Gasteiger partial charge in [-0.15, -0.1) is 0 Å². The lowest BCUT2D eigenvalue weighted by molar-refractivity contribution is -0.203. The summed E-state index contributed by atoms with van der Waals surface area (Å²) in [5, 5.41) is 49.7. The molecular weight excluding hydrogens is 484 g/mol. The Balaban J connectivity index is 1.71. The quantitative estimate of drug-likeness (QED) is 0.210. The molecule has 2 aromatic rings. The summed E-state index contributed by atoms with van der Waals surface area (Å²) in [5.41, 5.74) is 0.757. The number of hydrogen-bond donors (Lipinski definition) is 5. The Bertz CT molecular complexity index is 1160. The third-order valence-corrected chi connectivity index (χ3v) is 6.13. The second-order valence-electron chi connectivity index (χ2n) is 8.94. The van der Waals surface area contributed by atoms with E-state index < -0.39 is 60.4 Å².